The van der Waals surface area contributed by atoms with E-state index < -0.39 is 0 Å². The largest absolute Gasteiger partial charge is 0.347 e. The highest BCUT2D eigenvalue weighted by Gasteiger charge is 2.20. The van der Waals surface area contributed by atoms with Gasteiger partial charge in [0.1, 0.15) is 0 Å². The van der Waals surface area contributed by atoms with Gasteiger partial charge in [-0.2, -0.15) is 0 Å². The number of benzene rings is 1. The van der Waals surface area contributed by atoms with Crippen LogP contribution in [0.15, 0.2) is 12.1 Å². The van der Waals surface area contributed by atoms with Gasteiger partial charge >= 0.3 is 0 Å². The van der Waals surface area contributed by atoms with E-state index >= 15 is 0 Å². The molecule has 0 aliphatic rings. The molecule has 0 saturated carbocycles. The Morgan fingerprint density at radius 1 is 1.00 bits per heavy atom. The predicted molar refractivity (Wildman–Crippen MR) is 98.4 cm³/mol. The van der Waals surface area contributed by atoms with E-state index in [0.717, 1.165) is 28.3 Å². The average Bonchev–Trinajstić information content (AvgIpc) is 2.39. The van der Waals surface area contributed by atoms with Gasteiger partial charge in [0.05, 0.1) is 6.54 Å². The van der Waals surface area contributed by atoms with Crippen molar-refractivity contribution in [2.24, 2.45) is 0 Å². The van der Waals surface area contributed by atoms with Crippen molar-refractivity contribution in [2.45, 2.75) is 54.0 Å². The summed E-state index contributed by atoms with van der Waals surface area (Å²) in [7, 11) is 0. The Morgan fingerprint density at radius 3 is 1.96 bits per heavy atom. The molecule has 5 nitrogen and oxygen atoms in total. The summed E-state index contributed by atoms with van der Waals surface area (Å²) in [5.74, 6) is -0.0969. The second-order valence-electron chi connectivity index (χ2n) is 7.58. The summed E-state index contributed by atoms with van der Waals surface area (Å²) in [6.07, 6.45) is 0. The Balaban J connectivity index is 2.67. The summed E-state index contributed by atoms with van der Waals surface area (Å²) in [5, 5.41) is 5.94. The van der Waals surface area contributed by atoms with Gasteiger partial charge in [0.2, 0.25) is 0 Å². The summed E-state index contributed by atoms with van der Waals surface area (Å²) in [4.78, 5) is 25.4. The van der Waals surface area contributed by atoms with Crippen molar-refractivity contribution < 1.29 is 14.5 Å². The summed E-state index contributed by atoms with van der Waals surface area (Å²) in [6.45, 7) is 15.2. The minimum absolute atomic E-state index is 0.0325. The van der Waals surface area contributed by atoms with Gasteiger partial charge in [-0.05, 0) is 59.6 Å². The third-order valence-corrected chi connectivity index (χ3v) is 3.78. The third-order valence-electron chi connectivity index (χ3n) is 3.78. The van der Waals surface area contributed by atoms with Crippen LogP contribution < -0.4 is 15.5 Å². The van der Waals surface area contributed by atoms with Crippen LogP contribution in [0.2, 0.25) is 0 Å². The SMILES string of the molecule is CC[NH+](CC(=O)Nc1c(C)cc(C)cc1C)CC(=O)NC(C)(C)C. The van der Waals surface area contributed by atoms with Crippen molar-refractivity contribution in [1.82, 2.24) is 5.32 Å². The molecular formula is C19H32N3O2+. The van der Waals surface area contributed by atoms with Crippen molar-refractivity contribution in [2.75, 3.05) is 25.0 Å². The first-order valence-electron chi connectivity index (χ1n) is 8.54. The van der Waals surface area contributed by atoms with Crippen LogP contribution in [0, 0.1) is 20.8 Å². The molecule has 2 amide bonds. The van der Waals surface area contributed by atoms with Gasteiger partial charge in [-0.25, -0.2) is 0 Å². The maximum Gasteiger partial charge on any atom is 0.279 e. The number of carbonyl (C=O) groups is 2. The van der Waals surface area contributed by atoms with Gasteiger partial charge in [-0.1, -0.05) is 17.7 Å². The lowest BCUT2D eigenvalue weighted by molar-refractivity contribution is -0.881. The monoisotopic (exact) mass is 334 g/mol. The topological polar surface area (TPSA) is 62.6 Å². The molecule has 0 aliphatic heterocycles. The highest BCUT2D eigenvalue weighted by atomic mass is 16.2. The Labute approximate surface area is 145 Å². The maximum absolute atomic E-state index is 12.4. The molecule has 1 aromatic rings. The number of hydrogen-bond donors (Lipinski definition) is 3. The second kappa shape index (κ2) is 8.29. The van der Waals surface area contributed by atoms with Crippen molar-refractivity contribution in [3.8, 4) is 0 Å². The van der Waals surface area contributed by atoms with E-state index in [1.807, 2.05) is 48.5 Å². The number of likely N-dealkylation sites (N-methyl/N-ethyl adjacent to an activating group) is 1. The third kappa shape index (κ3) is 6.71. The molecule has 24 heavy (non-hydrogen) atoms. The smallest absolute Gasteiger partial charge is 0.279 e. The van der Waals surface area contributed by atoms with Crippen molar-refractivity contribution in [3.05, 3.63) is 28.8 Å². The molecule has 1 aromatic carbocycles. The van der Waals surface area contributed by atoms with Gasteiger partial charge in [-0.3, -0.25) is 9.59 Å². The quantitative estimate of drug-likeness (QED) is 0.736. The minimum atomic E-state index is -0.256. The Bertz CT molecular complexity index is 580. The van der Waals surface area contributed by atoms with Crippen molar-refractivity contribution in [3.63, 3.8) is 0 Å². The summed E-state index contributed by atoms with van der Waals surface area (Å²) in [5.41, 5.74) is 3.92. The molecule has 0 aromatic heterocycles. The normalized spacial score (nSPS) is 12.6. The molecule has 3 N–H and O–H groups in total. The molecule has 0 bridgehead atoms. The lowest BCUT2D eigenvalue weighted by atomic mass is 10.1. The van der Waals surface area contributed by atoms with Gasteiger partial charge in [0.15, 0.2) is 13.1 Å². The number of aryl methyl sites for hydroxylation is 3. The van der Waals surface area contributed by atoms with Crippen molar-refractivity contribution >= 4 is 17.5 Å². The zero-order valence-corrected chi connectivity index (χ0v) is 16.1. The summed E-state index contributed by atoms with van der Waals surface area (Å²) < 4.78 is 0. The first-order chi connectivity index (χ1) is 11.0. The molecule has 0 fully saturated rings. The number of amides is 2. The molecule has 0 heterocycles. The lowest BCUT2D eigenvalue weighted by Gasteiger charge is -2.23. The number of quaternary nitrogens is 1. The molecule has 0 radical (unpaired) electrons. The fourth-order valence-electron chi connectivity index (χ4n) is 2.79. The van der Waals surface area contributed by atoms with Gasteiger partial charge in [-0.15, -0.1) is 0 Å². The first kappa shape index (κ1) is 20.2. The minimum Gasteiger partial charge on any atom is -0.347 e. The lowest BCUT2D eigenvalue weighted by Crippen LogP contribution is -3.14. The van der Waals surface area contributed by atoms with E-state index in [0.29, 0.717) is 6.54 Å². The fraction of sp³-hybridized carbons (Fsp3) is 0.579. The van der Waals surface area contributed by atoms with E-state index in [4.69, 9.17) is 0 Å². The van der Waals surface area contributed by atoms with Crippen LogP contribution in [0.1, 0.15) is 44.4 Å². The highest BCUT2D eigenvalue weighted by Crippen LogP contribution is 2.21. The zero-order chi connectivity index (χ0) is 18.5. The number of carbonyl (C=O) groups excluding carboxylic acids is 2. The predicted octanol–water partition coefficient (Wildman–Crippen LogP) is 1.37. The van der Waals surface area contributed by atoms with E-state index in [-0.39, 0.29) is 23.9 Å². The van der Waals surface area contributed by atoms with E-state index in [1.165, 1.54) is 5.56 Å². The van der Waals surface area contributed by atoms with Crippen LogP contribution in [0.25, 0.3) is 0 Å². The Kier molecular flexibility index (Phi) is 6.96. The summed E-state index contributed by atoms with van der Waals surface area (Å²) in [6, 6.07) is 4.12. The first-order valence-corrected chi connectivity index (χ1v) is 8.54. The molecule has 0 spiro atoms. The molecule has 0 aliphatic carbocycles. The van der Waals surface area contributed by atoms with E-state index in [9.17, 15) is 9.59 Å². The molecule has 5 heteroatoms. The van der Waals surface area contributed by atoms with Crippen LogP contribution >= 0.6 is 0 Å². The molecular weight excluding hydrogens is 302 g/mol. The van der Waals surface area contributed by atoms with Gasteiger partial charge in [0.25, 0.3) is 11.8 Å². The highest BCUT2D eigenvalue weighted by molar-refractivity contribution is 5.93. The fourth-order valence-corrected chi connectivity index (χ4v) is 2.79. The summed E-state index contributed by atoms with van der Waals surface area (Å²) >= 11 is 0. The average molecular weight is 334 g/mol. The van der Waals surface area contributed by atoms with Crippen LogP contribution in [0.4, 0.5) is 5.69 Å². The number of nitrogens with one attached hydrogen (secondary N) is 3. The number of rotatable bonds is 6. The zero-order valence-electron chi connectivity index (χ0n) is 16.1. The van der Waals surface area contributed by atoms with E-state index in [1.54, 1.807) is 0 Å². The maximum atomic E-state index is 12.4. The second-order valence-corrected chi connectivity index (χ2v) is 7.58. The molecule has 1 atom stereocenters. The Hall–Kier alpha value is -1.88. The van der Waals surface area contributed by atoms with Gasteiger partial charge in [0, 0.05) is 11.2 Å². The molecule has 134 valence electrons. The Morgan fingerprint density at radius 2 is 1.50 bits per heavy atom. The van der Waals surface area contributed by atoms with Crippen LogP contribution in [0.3, 0.4) is 0 Å². The van der Waals surface area contributed by atoms with Crippen LogP contribution in [-0.4, -0.2) is 37.0 Å². The molecule has 1 unspecified atom stereocenters. The van der Waals surface area contributed by atoms with Crippen molar-refractivity contribution in [1.29, 1.82) is 0 Å². The van der Waals surface area contributed by atoms with Crippen LogP contribution in [-0.2, 0) is 9.59 Å². The molecule has 0 saturated heterocycles. The number of anilines is 1. The van der Waals surface area contributed by atoms with Gasteiger partial charge < -0.3 is 15.5 Å². The van der Waals surface area contributed by atoms with E-state index in [2.05, 4.69) is 22.8 Å². The molecule has 1 rings (SSSR count). The van der Waals surface area contributed by atoms with Crippen LogP contribution in [0.5, 0.6) is 0 Å². The number of hydrogen-bond acceptors (Lipinski definition) is 2. The standard InChI is InChI=1S/C19H31N3O2/c1-8-22(12-17(24)21-19(5,6)7)11-16(23)20-18-14(3)9-13(2)10-15(18)4/h9-10H,8,11-12H2,1-7H3,(H,20,23)(H,21,24)/p+1.